The Labute approximate surface area is 200 Å². The van der Waals surface area contributed by atoms with Crippen LogP contribution in [0, 0.1) is 5.92 Å². The van der Waals surface area contributed by atoms with Gasteiger partial charge in [0, 0.05) is 29.4 Å². The number of carbonyl (C=O) groups is 2. The van der Waals surface area contributed by atoms with E-state index in [1.54, 1.807) is 30.5 Å². The van der Waals surface area contributed by atoms with Gasteiger partial charge in [-0.1, -0.05) is 18.2 Å². The number of anilines is 2. The minimum absolute atomic E-state index is 0.0229. The molecule has 2 aromatic rings. The number of nitrogens with one attached hydrogen (secondary N) is 3. The van der Waals surface area contributed by atoms with Gasteiger partial charge in [0.1, 0.15) is 35.0 Å². The van der Waals surface area contributed by atoms with Crippen molar-refractivity contribution in [2.75, 3.05) is 10.6 Å². The monoisotopic (exact) mass is 479 g/mol. The highest BCUT2D eigenvalue weighted by Gasteiger charge is 2.60. The second-order valence-electron chi connectivity index (χ2n) is 8.21. The third-order valence-electron chi connectivity index (χ3n) is 5.81. The summed E-state index contributed by atoms with van der Waals surface area (Å²) < 4.78 is 11.9. The second kappa shape index (κ2) is 8.83. The summed E-state index contributed by atoms with van der Waals surface area (Å²) in [5.41, 5.74) is 1.70. The summed E-state index contributed by atoms with van der Waals surface area (Å²) in [4.78, 5) is 32.1. The number of fused-ring (bicyclic) bond motifs is 2. The minimum Gasteiger partial charge on any atom is -0.487 e. The number of nitrogens with zero attached hydrogens (tertiary/aromatic N) is 2. The van der Waals surface area contributed by atoms with Gasteiger partial charge in [0.25, 0.3) is 0 Å². The summed E-state index contributed by atoms with van der Waals surface area (Å²) >= 11 is 5.91. The molecule has 0 bridgehead atoms. The summed E-state index contributed by atoms with van der Waals surface area (Å²) in [6, 6.07) is 4.45. The smallest absolute Gasteiger partial charge is 0.320 e. The lowest BCUT2D eigenvalue weighted by atomic mass is 10.1. The number of rotatable bonds is 5. The van der Waals surface area contributed by atoms with Crippen LogP contribution in [0.2, 0.25) is 5.02 Å². The fourth-order valence-corrected chi connectivity index (χ4v) is 4.24. The van der Waals surface area contributed by atoms with Gasteiger partial charge in [-0.3, -0.25) is 10.1 Å². The molecule has 0 spiro atoms. The highest BCUT2D eigenvalue weighted by atomic mass is 35.5. The van der Waals surface area contributed by atoms with Crippen LogP contribution in [0.25, 0.3) is 0 Å². The molecule has 10 heteroatoms. The van der Waals surface area contributed by atoms with Gasteiger partial charge < -0.3 is 20.1 Å². The normalized spacial score (nSPS) is 24.0. The van der Waals surface area contributed by atoms with Crippen LogP contribution in [0.15, 0.2) is 66.4 Å². The standard InChI is InChI=1S/C24H22ClN5O4/c1-12(33-17-8-10-27-23-15(17)4-6-19(31)29-23)3-5-16-13(2)20-21(22(20)34-16)30-24(32)28-18-11-14(25)7-9-26-18/h3,5,7-11,20-22H,2,4,6H2,1H3,(H,27,29,31)(H2,26,28,30,32)/b12-3+,16-5+/t20-,21-,22-/m0/s1. The van der Waals surface area contributed by atoms with Gasteiger partial charge >= 0.3 is 6.03 Å². The van der Waals surface area contributed by atoms with Gasteiger partial charge in [-0.05, 0) is 49.3 Å². The molecule has 2 aromatic heterocycles. The number of urea groups is 1. The summed E-state index contributed by atoms with van der Waals surface area (Å²) in [6.45, 7) is 5.96. The van der Waals surface area contributed by atoms with E-state index in [9.17, 15) is 9.59 Å². The Hall–Kier alpha value is -3.85. The molecule has 1 saturated carbocycles. The summed E-state index contributed by atoms with van der Waals surface area (Å²) in [5, 5.41) is 8.79. The van der Waals surface area contributed by atoms with Gasteiger partial charge in [-0.25, -0.2) is 14.8 Å². The van der Waals surface area contributed by atoms with Crippen LogP contribution in [-0.4, -0.2) is 34.1 Å². The van der Waals surface area contributed by atoms with Crippen LogP contribution < -0.4 is 20.7 Å². The Morgan fingerprint density at radius 1 is 1.32 bits per heavy atom. The number of ether oxygens (including phenoxy) is 2. The largest absolute Gasteiger partial charge is 0.487 e. The molecule has 0 unspecified atom stereocenters. The van der Waals surface area contributed by atoms with E-state index in [0.717, 1.165) is 11.1 Å². The number of halogens is 1. The highest BCUT2D eigenvalue weighted by molar-refractivity contribution is 6.30. The quantitative estimate of drug-likeness (QED) is 0.559. The number of hydrogen-bond acceptors (Lipinski definition) is 6. The fourth-order valence-electron chi connectivity index (χ4n) is 4.08. The maximum Gasteiger partial charge on any atom is 0.320 e. The van der Waals surface area contributed by atoms with Crippen molar-refractivity contribution in [1.29, 1.82) is 0 Å². The lowest BCUT2D eigenvalue weighted by Crippen LogP contribution is -2.34. The molecular weight excluding hydrogens is 458 g/mol. The van der Waals surface area contributed by atoms with Crippen LogP contribution in [0.3, 0.4) is 0 Å². The number of pyridine rings is 2. The van der Waals surface area contributed by atoms with Gasteiger partial charge in [0.2, 0.25) is 5.91 Å². The Bertz CT molecular complexity index is 1260. The number of hydrogen-bond donors (Lipinski definition) is 3. The Kier molecular flexibility index (Phi) is 5.70. The average molecular weight is 480 g/mol. The van der Waals surface area contributed by atoms with Crippen molar-refractivity contribution in [1.82, 2.24) is 15.3 Å². The van der Waals surface area contributed by atoms with Gasteiger partial charge in [0.15, 0.2) is 0 Å². The number of amides is 3. The molecule has 3 amide bonds. The Balaban J connectivity index is 1.17. The maximum atomic E-state index is 12.2. The third kappa shape index (κ3) is 4.47. The van der Waals surface area contributed by atoms with E-state index in [4.69, 9.17) is 21.1 Å². The Morgan fingerprint density at radius 2 is 2.15 bits per heavy atom. The zero-order chi connectivity index (χ0) is 23.8. The van der Waals surface area contributed by atoms with E-state index >= 15 is 0 Å². The molecule has 3 aliphatic rings. The SMILES string of the molecule is C=C1/C(=C\C=C(/C)Oc2ccnc3c2CCC(=O)N3)O[C@@H]2[C@@H](NC(=O)Nc3cc(Cl)ccn3)[C@H]12. The lowest BCUT2D eigenvalue weighted by molar-refractivity contribution is -0.116. The molecule has 0 radical (unpaired) electrons. The Morgan fingerprint density at radius 3 is 2.91 bits per heavy atom. The van der Waals surface area contributed by atoms with Gasteiger partial charge in [-0.2, -0.15) is 0 Å². The molecule has 2 aliphatic heterocycles. The van der Waals surface area contributed by atoms with Crippen LogP contribution in [0.4, 0.5) is 16.4 Å². The van der Waals surface area contributed by atoms with Crippen molar-refractivity contribution in [3.63, 3.8) is 0 Å². The summed E-state index contributed by atoms with van der Waals surface area (Å²) in [5.74, 6) is 2.87. The molecule has 5 rings (SSSR count). The highest BCUT2D eigenvalue weighted by Crippen LogP contribution is 2.50. The first kappa shape index (κ1) is 22.0. The van der Waals surface area contributed by atoms with Crippen molar-refractivity contribution in [2.45, 2.75) is 31.9 Å². The molecule has 1 aliphatic carbocycles. The molecule has 3 N–H and O–H groups in total. The van der Waals surface area contributed by atoms with Crippen LogP contribution in [0.1, 0.15) is 18.9 Å². The average Bonchev–Trinajstić information content (AvgIpc) is 3.35. The molecule has 4 heterocycles. The van der Waals surface area contributed by atoms with Crippen molar-refractivity contribution >= 4 is 35.2 Å². The number of allylic oxidation sites excluding steroid dienone is 4. The van der Waals surface area contributed by atoms with Crippen molar-refractivity contribution in [2.24, 2.45) is 5.92 Å². The van der Waals surface area contributed by atoms with E-state index in [-0.39, 0.29) is 30.0 Å². The third-order valence-corrected chi connectivity index (χ3v) is 6.05. The zero-order valence-electron chi connectivity index (χ0n) is 18.3. The predicted octanol–water partition coefficient (Wildman–Crippen LogP) is 3.96. The summed E-state index contributed by atoms with van der Waals surface area (Å²) in [7, 11) is 0. The molecule has 9 nitrogen and oxygen atoms in total. The van der Waals surface area contributed by atoms with Crippen molar-refractivity contribution in [3.8, 4) is 5.75 Å². The molecule has 174 valence electrons. The molecule has 1 saturated heterocycles. The van der Waals surface area contributed by atoms with Crippen LogP contribution in [0.5, 0.6) is 5.75 Å². The van der Waals surface area contributed by atoms with Crippen LogP contribution >= 0.6 is 11.6 Å². The topological polar surface area (TPSA) is 114 Å². The molecule has 3 atom stereocenters. The first-order valence-corrected chi connectivity index (χ1v) is 11.2. The van der Waals surface area contributed by atoms with Gasteiger partial charge in [-0.15, -0.1) is 0 Å². The van der Waals surface area contributed by atoms with Crippen molar-refractivity contribution in [3.05, 3.63) is 77.0 Å². The lowest BCUT2D eigenvalue weighted by Gasteiger charge is -2.18. The number of aromatic nitrogens is 2. The molecule has 34 heavy (non-hydrogen) atoms. The van der Waals surface area contributed by atoms with E-state index < -0.39 is 0 Å². The molecule has 0 aromatic carbocycles. The van der Waals surface area contributed by atoms with Crippen molar-refractivity contribution < 1.29 is 19.1 Å². The van der Waals surface area contributed by atoms with E-state index in [0.29, 0.717) is 46.8 Å². The van der Waals surface area contributed by atoms with E-state index in [2.05, 4.69) is 32.5 Å². The minimum atomic E-state index is -0.378. The second-order valence-corrected chi connectivity index (χ2v) is 8.65. The summed E-state index contributed by atoms with van der Waals surface area (Å²) in [6.07, 6.45) is 7.57. The predicted molar refractivity (Wildman–Crippen MR) is 126 cm³/mol. The molecular formula is C24H22ClN5O4. The fraction of sp³-hybridized carbons (Fsp3) is 0.250. The zero-order valence-corrected chi connectivity index (χ0v) is 19.1. The van der Waals surface area contributed by atoms with Crippen LogP contribution in [-0.2, 0) is 16.0 Å². The van der Waals surface area contributed by atoms with E-state index in [1.165, 1.54) is 6.20 Å². The number of carbonyl (C=O) groups excluding carboxylic acids is 2. The van der Waals surface area contributed by atoms with Gasteiger partial charge in [0.05, 0.1) is 12.0 Å². The molecule has 2 fully saturated rings. The first-order valence-electron chi connectivity index (χ1n) is 10.8. The maximum absolute atomic E-state index is 12.2. The first-order chi connectivity index (χ1) is 16.4. The van der Waals surface area contributed by atoms with E-state index in [1.807, 2.05) is 13.0 Å².